The van der Waals surface area contributed by atoms with Crippen molar-refractivity contribution in [2.24, 2.45) is 0 Å². The van der Waals surface area contributed by atoms with Gasteiger partial charge in [0.15, 0.2) is 5.82 Å². The van der Waals surface area contributed by atoms with E-state index in [2.05, 4.69) is 15.5 Å². The molecule has 1 unspecified atom stereocenters. The largest absolute Gasteiger partial charge is 0.419 e. The van der Waals surface area contributed by atoms with E-state index in [1.54, 1.807) is 7.05 Å². The van der Waals surface area contributed by atoms with Crippen molar-refractivity contribution in [3.8, 4) is 11.5 Å². The van der Waals surface area contributed by atoms with Gasteiger partial charge in [-0.25, -0.2) is 4.39 Å². The van der Waals surface area contributed by atoms with Crippen LogP contribution in [0.5, 0.6) is 0 Å². The highest BCUT2D eigenvalue weighted by atomic mass is 19.4. The maximum Gasteiger partial charge on any atom is 0.419 e. The molecule has 0 bridgehead atoms. The molecule has 0 radical (unpaired) electrons. The molecule has 0 spiro atoms. The van der Waals surface area contributed by atoms with Crippen LogP contribution >= 0.6 is 0 Å². The lowest BCUT2D eigenvalue weighted by Crippen LogP contribution is -2.24. The molecule has 1 aromatic carbocycles. The quantitative estimate of drug-likeness (QED) is 0.882. The zero-order chi connectivity index (χ0) is 15.6. The van der Waals surface area contributed by atoms with Crippen LogP contribution in [0.25, 0.3) is 11.5 Å². The van der Waals surface area contributed by atoms with Crippen LogP contribution in [0.2, 0.25) is 0 Å². The van der Waals surface area contributed by atoms with Crippen LogP contribution in [-0.4, -0.2) is 23.2 Å². The fourth-order valence-corrected chi connectivity index (χ4v) is 1.74. The smallest absolute Gasteiger partial charge is 0.334 e. The van der Waals surface area contributed by atoms with Crippen LogP contribution in [0.3, 0.4) is 0 Å². The average Bonchev–Trinajstić information content (AvgIpc) is 2.85. The Balaban J connectivity index is 2.35. The zero-order valence-electron chi connectivity index (χ0n) is 11.3. The summed E-state index contributed by atoms with van der Waals surface area (Å²) in [6.45, 7) is 1.88. The number of rotatable bonds is 4. The standard InChI is InChI=1S/C13H13F4N3O/c1-7(18-2)6-10-19-12(21-20-10)8-4-3-5-9(11(8)14)13(15,16)17/h3-5,7,18H,6H2,1-2H3. The minimum absolute atomic E-state index is 0.0572. The molecule has 2 rings (SSSR count). The Morgan fingerprint density at radius 1 is 1.33 bits per heavy atom. The van der Waals surface area contributed by atoms with Gasteiger partial charge in [0, 0.05) is 12.5 Å². The topological polar surface area (TPSA) is 51.0 Å². The monoisotopic (exact) mass is 303 g/mol. The molecule has 1 heterocycles. The van der Waals surface area contributed by atoms with Gasteiger partial charge >= 0.3 is 6.18 Å². The highest BCUT2D eigenvalue weighted by molar-refractivity contribution is 5.55. The van der Waals surface area contributed by atoms with Gasteiger partial charge in [0.05, 0.1) is 11.1 Å². The van der Waals surface area contributed by atoms with Gasteiger partial charge in [0.1, 0.15) is 5.82 Å². The molecule has 0 aliphatic heterocycles. The van der Waals surface area contributed by atoms with Crippen molar-refractivity contribution in [1.29, 1.82) is 0 Å². The predicted octanol–water partition coefficient (Wildman–Crippen LogP) is 3.04. The van der Waals surface area contributed by atoms with E-state index in [4.69, 9.17) is 4.52 Å². The summed E-state index contributed by atoms with van der Waals surface area (Å²) in [5, 5.41) is 6.60. The van der Waals surface area contributed by atoms with E-state index in [1.165, 1.54) is 6.07 Å². The lowest BCUT2D eigenvalue weighted by molar-refractivity contribution is -0.139. The highest BCUT2D eigenvalue weighted by Crippen LogP contribution is 2.35. The molecule has 21 heavy (non-hydrogen) atoms. The number of hydrogen-bond donors (Lipinski definition) is 1. The zero-order valence-corrected chi connectivity index (χ0v) is 11.3. The molecular formula is C13H13F4N3O. The second kappa shape index (κ2) is 5.80. The van der Waals surface area contributed by atoms with E-state index in [1.807, 2.05) is 6.92 Å². The number of nitrogens with one attached hydrogen (secondary N) is 1. The van der Waals surface area contributed by atoms with Crippen molar-refractivity contribution in [3.05, 3.63) is 35.4 Å². The lowest BCUT2D eigenvalue weighted by atomic mass is 10.1. The van der Waals surface area contributed by atoms with Crippen molar-refractivity contribution in [1.82, 2.24) is 15.5 Å². The second-order valence-corrected chi connectivity index (χ2v) is 4.57. The van der Waals surface area contributed by atoms with Gasteiger partial charge in [-0.1, -0.05) is 11.2 Å². The van der Waals surface area contributed by atoms with Crippen LogP contribution in [0.4, 0.5) is 17.6 Å². The van der Waals surface area contributed by atoms with Gasteiger partial charge in [0.25, 0.3) is 5.89 Å². The summed E-state index contributed by atoms with van der Waals surface area (Å²) in [5.41, 5.74) is -1.72. The molecule has 0 saturated carbocycles. The minimum atomic E-state index is -4.77. The molecular weight excluding hydrogens is 290 g/mol. The molecule has 1 atom stereocenters. The first kappa shape index (κ1) is 15.4. The van der Waals surface area contributed by atoms with Crippen molar-refractivity contribution in [3.63, 3.8) is 0 Å². The fourth-order valence-electron chi connectivity index (χ4n) is 1.74. The van der Waals surface area contributed by atoms with Crippen molar-refractivity contribution < 1.29 is 22.1 Å². The first-order valence-electron chi connectivity index (χ1n) is 6.19. The van der Waals surface area contributed by atoms with E-state index in [9.17, 15) is 17.6 Å². The van der Waals surface area contributed by atoms with Gasteiger partial charge in [0.2, 0.25) is 0 Å². The third kappa shape index (κ3) is 3.38. The molecule has 0 fully saturated rings. The minimum Gasteiger partial charge on any atom is -0.334 e. The number of benzene rings is 1. The Labute approximate surface area is 118 Å². The summed E-state index contributed by atoms with van der Waals surface area (Å²) >= 11 is 0. The van der Waals surface area contributed by atoms with E-state index in [0.29, 0.717) is 18.3 Å². The number of alkyl halides is 3. The molecule has 114 valence electrons. The molecule has 2 aromatic rings. The Hall–Kier alpha value is -1.96. The van der Waals surface area contributed by atoms with Gasteiger partial charge in [-0.2, -0.15) is 18.2 Å². The van der Waals surface area contributed by atoms with Gasteiger partial charge in [-0.3, -0.25) is 0 Å². The fraction of sp³-hybridized carbons (Fsp3) is 0.385. The third-order valence-electron chi connectivity index (χ3n) is 2.98. The number of hydrogen-bond acceptors (Lipinski definition) is 4. The van der Waals surface area contributed by atoms with Crippen LogP contribution in [0.1, 0.15) is 18.3 Å². The van der Waals surface area contributed by atoms with Gasteiger partial charge in [-0.15, -0.1) is 0 Å². The summed E-state index contributed by atoms with van der Waals surface area (Å²) in [7, 11) is 1.75. The van der Waals surface area contributed by atoms with Gasteiger partial charge in [-0.05, 0) is 26.1 Å². The maximum absolute atomic E-state index is 13.9. The highest BCUT2D eigenvalue weighted by Gasteiger charge is 2.35. The summed E-state index contributed by atoms with van der Waals surface area (Å²) in [5.74, 6) is -1.39. The summed E-state index contributed by atoms with van der Waals surface area (Å²) in [6.07, 6.45) is -4.36. The molecule has 0 aliphatic rings. The molecule has 0 aliphatic carbocycles. The maximum atomic E-state index is 13.9. The molecule has 0 amide bonds. The Morgan fingerprint density at radius 2 is 2.05 bits per heavy atom. The van der Waals surface area contributed by atoms with Crippen LogP contribution in [-0.2, 0) is 12.6 Å². The van der Waals surface area contributed by atoms with E-state index in [0.717, 1.165) is 6.07 Å². The summed E-state index contributed by atoms with van der Waals surface area (Å²) < 4.78 is 56.7. The van der Waals surface area contributed by atoms with E-state index in [-0.39, 0.29) is 17.5 Å². The summed E-state index contributed by atoms with van der Waals surface area (Å²) in [4.78, 5) is 3.93. The van der Waals surface area contributed by atoms with Crippen LogP contribution in [0, 0.1) is 5.82 Å². The normalized spacial score (nSPS) is 13.4. The number of nitrogens with zero attached hydrogens (tertiary/aromatic N) is 2. The van der Waals surface area contributed by atoms with Crippen LogP contribution < -0.4 is 5.32 Å². The lowest BCUT2D eigenvalue weighted by Gasteiger charge is -2.09. The summed E-state index contributed by atoms with van der Waals surface area (Å²) in [6, 6.07) is 2.99. The second-order valence-electron chi connectivity index (χ2n) is 4.57. The molecule has 4 nitrogen and oxygen atoms in total. The third-order valence-corrected chi connectivity index (χ3v) is 2.98. The number of likely N-dealkylation sites (N-methyl/N-ethyl adjacent to an activating group) is 1. The Morgan fingerprint density at radius 3 is 2.67 bits per heavy atom. The predicted molar refractivity (Wildman–Crippen MR) is 66.9 cm³/mol. The van der Waals surface area contributed by atoms with E-state index >= 15 is 0 Å². The molecule has 0 saturated heterocycles. The number of aromatic nitrogens is 2. The average molecular weight is 303 g/mol. The van der Waals surface area contributed by atoms with Gasteiger partial charge < -0.3 is 9.84 Å². The first-order chi connectivity index (χ1) is 9.82. The molecule has 1 N–H and O–H groups in total. The molecule has 1 aromatic heterocycles. The number of halogens is 4. The SMILES string of the molecule is CNC(C)Cc1noc(-c2cccc(C(F)(F)F)c2F)n1. The Bertz CT molecular complexity index is 624. The molecule has 8 heteroatoms. The van der Waals surface area contributed by atoms with E-state index < -0.39 is 17.6 Å². The van der Waals surface area contributed by atoms with Crippen molar-refractivity contribution in [2.75, 3.05) is 7.05 Å². The first-order valence-corrected chi connectivity index (χ1v) is 6.19. The van der Waals surface area contributed by atoms with Crippen molar-refractivity contribution in [2.45, 2.75) is 25.6 Å². The van der Waals surface area contributed by atoms with Crippen molar-refractivity contribution >= 4 is 0 Å². The Kier molecular flexibility index (Phi) is 4.26. The van der Waals surface area contributed by atoms with Crippen LogP contribution in [0.15, 0.2) is 22.7 Å².